The van der Waals surface area contributed by atoms with Crippen LogP contribution in [-0.2, 0) is 9.53 Å². The van der Waals surface area contributed by atoms with E-state index in [1.165, 1.54) is 15.9 Å². The average Bonchev–Trinajstić information content (AvgIpc) is 3.25. The monoisotopic (exact) mass is 704 g/mol. The van der Waals surface area contributed by atoms with Crippen molar-refractivity contribution in [2.45, 2.75) is 39.8 Å². The minimum Gasteiger partial charge on any atom is -0.493 e. The molecule has 222 valence electrons. The molecule has 2 aromatic carbocycles. The zero-order valence-corrected chi connectivity index (χ0v) is 27.3. The molecule has 0 N–H and O–H groups in total. The summed E-state index contributed by atoms with van der Waals surface area (Å²) in [7, 11) is 3.11. The van der Waals surface area contributed by atoms with Gasteiger partial charge in [0.15, 0.2) is 27.8 Å². The van der Waals surface area contributed by atoms with E-state index in [1.54, 1.807) is 52.4 Å². The Morgan fingerprint density at radius 2 is 1.90 bits per heavy atom. The molecular formula is C31H33IN2O7S. The molecule has 3 aromatic rings. The van der Waals surface area contributed by atoms with Crippen LogP contribution in [-0.4, -0.2) is 44.1 Å². The van der Waals surface area contributed by atoms with Crippen LogP contribution in [0.5, 0.6) is 23.0 Å². The van der Waals surface area contributed by atoms with Gasteiger partial charge in [0.05, 0.1) is 48.8 Å². The third-order valence-corrected chi connectivity index (χ3v) is 7.89. The predicted molar refractivity (Wildman–Crippen MR) is 171 cm³/mol. The fourth-order valence-electron chi connectivity index (χ4n) is 4.60. The third-order valence-electron chi connectivity index (χ3n) is 6.28. The van der Waals surface area contributed by atoms with E-state index in [0.29, 0.717) is 49.2 Å². The van der Waals surface area contributed by atoms with E-state index < -0.39 is 12.0 Å². The van der Waals surface area contributed by atoms with Gasteiger partial charge < -0.3 is 23.7 Å². The van der Waals surface area contributed by atoms with Crippen molar-refractivity contribution in [3.8, 4) is 23.0 Å². The van der Waals surface area contributed by atoms with E-state index in [2.05, 4.69) is 34.2 Å². The van der Waals surface area contributed by atoms with Crippen molar-refractivity contribution in [2.75, 3.05) is 27.4 Å². The minimum absolute atomic E-state index is 0.0697. The Kier molecular flexibility index (Phi) is 10.2. The average molecular weight is 705 g/mol. The van der Waals surface area contributed by atoms with Gasteiger partial charge in [-0.3, -0.25) is 9.36 Å². The van der Waals surface area contributed by atoms with Gasteiger partial charge in [-0.05, 0) is 86.2 Å². The van der Waals surface area contributed by atoms with Crippen LogP contribution in [0.1, 0.15) is 44.9 Å². The summed E-state index contributed by atoms with van der Waals surface area (Å²) in [5.74, 6) is 1.53. The second-order valence-electron chi connectivity index (χ2n) is 9.51. The van der Waals surface area contributed by atoms with Gasteiger partial charge in [-0.15, -0.1) is 0 Å². The first-order valence-electron chi connectivity index (χ1n) is 13.3. The van der Waals surface area contributed by atoms with Crippen LogP contribution in [0.15, 0.2) is 64.0 Å². The number of carbonyl (C=O) groups excluding carboxylic acids is 1. The predicted octanol–water partition coefficient (Wildman–Crippen LogP) is 4.77. The van der Waals surface area contributed by atoms with Crippen molar-refractivity contribution in [2.24, 2.45) is 4.99 Å². The zero-order valence-electron chi connectivity index (χ0n) is 24.4. The highest BCUT2D eigenvalue weighted by molar-refractivity contribution is 14.1. The number of rotatable bonds is 11. The van der Waals surface area contributed by atoms with E-state index in [0.717, 1.165) is 3.57 Å². The standard InChI is InChI=1S/C31H33IN2O7S/c1-8-12-40-28-20(13-21(32)16-24(28)38-7)15-25-29(35)34-27(19-10-11-22(41-17(3)4)23(14-19)37-6)26(30(36)39-9-2)18(5)33-31(34)42-25/h8,10-11,13-17,27H,1,9,12H2,2-7H3/b25-15+/t27-/m1/s1. The van der Waals surface area contributed by atoms with Crippen LogP contribution in [0.25, 0.3) is 6.08 Å². The van der Waals surface area contributed by atoms with Gasteiger partial charge in [-0.2, -0.15) is 0 Å². The Labute approximate surface area is 261 Å². The van der Waals surface area contributed by atoms with Crippen molar-refractivity contribution in [3.05, 3.63) is 88.6 Å². The Morgan fingerprint density at radius 3 is 2.55 bits per heavy atom. The Morgan fingerprint density at radius 1 is 1.17 bits per heavy atom. The molecule has 0 bridgehead atoms. The lowest BCUT2D eigenvalue weighted by molar-refractivity contribution is -0.139. The topological polar surface area (TPSA) is 97.6 Å². The molecule has 0 saturated carbocycles. The van der Waals surface area contributed by atoms with Crippen molar-refractivity contribution < 1.29 is 28.5 Å². The van der Waals surface area contributed by atoms with Gasteiger partial charge in [0.2, 0.25) is 0 Å². The van der Waals surface area contributed by atoms with Crippen LogP contribution in [0, 0.1) is 3.57 Å². The van der Waals surface area contributed by atoms with Crippen LogP contribution in [0.2, 0.25) is 0 Å². The summed E-state index contributed by atoms with van der Waals surface area (Å²) in [4.78, 5) is 32.5. The first-order chi connectivity index (χ1) is 20.1. The zero-order chi connectivity index (χ0) is 30.6. The number of allylic oxidation sites excluding steroid dienone is 1. The van der Waals surface area contributed by atoms with Gasteiger partial charge in [0.25, 0.3) is 5.56 Å². The molecule has 1 atom stereocenters. The molecule has 0 radical (unpaired) electrons. The molecule has 1 aliphatic heterocycles. The number of benzene rings is 2. The van der Waals surface area contributed by atoms with Crippen molar-refractivity contribution in [1.29, 1.82) is 0 Å². The quantitative estimate of drug-likeness (QED) is 0.161. The summed E-state index contributed by atoms with van der Waals surface area (Å²) in [5, 5.41) is 0. The van der Waals surface area contributed by atoms with Crippen LogP contribution < -0.4 is 33.8 Å². The molecule has 0 unspecified atom stereocenters. The lowest BCUT2D eigenvalue weighted by atomic mass is 9.95. The van der Waals surface area contributed by atoms with Gasteiger partial charge in [-0.25, -0.2) is 9.79 Å². The molecule has 0 saturated heterocycles. The number of aromatic nitrogens is 1. The maximum Gasteiger partial charge on any atom is 0.338 e. The number of hydrogen-bond donors (Lipinski definition) is 0. The minimum atomic E-state index is -0.800. The molecule has 0 amide bonds. The molecule has 0 spiro atoms. The molecule has 1 aliphatic rings. The number of halogens is 1. The van der Waals surface area contributed by atoms with E-state index in [9.17, 15) is 9.59 Å². The summed E-state index contributed by atoms with van der Waals surface area (Å²) in [5.41, 5.74) is 1.76. The number of fused-ring (bicyclic) bond motifs is 1. The summed E-state index contributed by atoms with van der Waals surface area (Å²) < 4.78 is 31.3. The second-order valence-corrected chi connectivity index (χ2v) is 11.8. The number of ether oxygens (including phenoxy) is 5. The van der Waals surface area contributed by atoms with Crippen LogP contribution in [0.4, 0.5) is 0 Å². The fraction of sp³-hybridized carbons (Fsp3) is 0.323. The van der Waals surface area contributed by atoms with Gasteiger partial charge in [-0.1, -0.05) is 30.1 Å². The largest absolute Gasteiger partial charge is 0.493 e. The molecule has 2 heterocycles. The highest BCUT2D eigenvalue weighted by Crippen LogP contribution is 2.37. The number of hydrogen-bond acceptors (Lipinski definition) is 9. The van der Waals surface area contributed by atoms with Crippen LogP contribution in [0.3, 0.4) is 0 Å². The van der Waals surface area contributed by atoms with Crippen molar-refractivity contribution in [3.63, 3.8) is 0 Å². The van der Waals surface area contributed by atoms with Gasteiger partial charge >= 0.3 is 5.97 Å². The molecule has 11 heteroatoms. The highest BCUT2D eigenvalue weighted by atomic mass is 127. The second kappa shape index (κ2) is 13.6. The lowest BCUT2D eigenvalue weighted by Gasteiger charge is -2.25. The van der Waals surface area contributed by atoms with Crippen LogP contribution >= 0.6 is 33.9 Å². The number of esters is 1. The van der Waals surface area contributed by atoms with E-state index in [4.69, 9.17) is 23.7 Å². The normalized spacial score (nSPS) is 14.8. The SMILES string of the molecule is C=CCOc1c(/C=c2/sc3n(c2=O)[C@H](c2ccc(OC(C)C)c(OC)c2)C(C(=O)OCC)=C(C)N=3)cc(I)cc1OC. The molecule has 42 heavy (non-hydrogen) atoms. The summed E-state index contributed by atoms with van der Waals surface area (Å²) >= 11 is 3.42. The van der Waals surface area contributed by atoms with Crippen molar-refractivity contribution in [1.82, 2.24) is 4.57 Å². The van der Waals surface area contributed by atoms with E-state index >= 15 is 0 Å². The molecule has 1 aromatic heterocycles. The summed E-state index contributed by atoms with van der Waals surface area (Å²) in [6, 6.07) is 8.35. The molecular weight excluding hydrogens is 671 g/mol. The Balaban J connectivity index is 1.97. The first-order valence-corrected chi connectivity index (χ1v) is 15.2. The van der Waals surface area contributed by atoms with E-state index in [1.807, 2.05) is 32.0 Å². The highest BCUT2D eigenvalue weighted by Gasteiger charge is 2.34. The van der Waals surface area contributed by atoms with E-state index in [-0.39, 0.29) is 30.5 Å². The molecule has 0 fully saturated rings. The third kappa shape index (κ3) is 6.41. The maximum atomic E-state index is 14.1. The lowest BCUT2D eigenvalue weighted by Crippen LogP contribution is -2.40. The first kappa shape index (κ1) is 31.4. The Hall–Kier alpha value is -3.58. The summed E-state index contributed by atoms with van der Waals surface area (Å²) in [6.07, 6.45) is 3.33. The van der Waals surface area contributed by atoms with Gasteiger partial charge in [0.1, 0.15) is 6.61 Å². The fourth-order valence-corrected chi connectivity index (χ4v) is 6.25. The van der Waals surface area contributed by atoms with Gasteiger partial charge in [0, 0.05) is 9.13 Å². The maximum absolute atomic E-state index is 14.1. The molecule has 4 rings (SSSR count). The number of nitrogens with zero attached hydrogens (tertiary/aromatic N) is 2. The smallest absolute Gasteiger partial charge is 0.338 e. The van der Waals surface area contributed by atoms with Crippen molar-refractivity contribution >= 4 is 46.0 Å². The summed E-state index contributed by atoms with van der Waals surface area (Å²) in [6.45, 7) is 11.5. The number of carbonyl (C=O) groups is 1. The Bertz CT molecular complexity index is 1720. The molecule has 9 nitrogen and oxygen atoms in total. The number of thiazole rings is 1. The number of methoxy groups -OCH3 is 2. The molecule has 0 aliphatic carbocycles.